The van der Waals surface area contributed by atoms with E-state index in [0.717, 1.165) is 18.4 Å². The fourth-order valence-corrected chi connectivity index (χ4v) is 2.18. The van der Waals surface area contributed by atoms with Gasteiger partial charge in [-0.2, -0.15) is 0 Å². The lowest BCUT2D eigenvalue weighted by molar-refractivity contribution is 0.226. The standard InChI is InChI=1S/C11H23NO/c1-9-4-3-5-11(6-9)7-12-10(2)8-13/h9-13H,3-8H2,1-2H3. The average molecular weight is 185 g/mol. The molecule has 2 N–H and O–H groups in total. The Morgan fingerprint density at radius 2 is 2.23 bits per heavy atom. The molecule has 2 nitrogen and oxygen atoms in total. The van der Waals surface area contributed by atoms with E-state index in [-0.39, 0.29) is 12.6 Å². The highest BCUT2D eigenvalue weighted by atomic mass is 16.3. The van der Waals surface area contributed by atoms with E-state index in [0.29, 0.717) is 0 Å². The van der Waals surface area contributed by atoms with Gasteiger partial charge in [-0.05, 0) is 38.1 Å². The van der Waals surface area contributed by atoms with Crippen molar-refractivity contribution in [3.05, 3.63) is 0 Å². The molecule has 0 radical (unpaired) electrons. The highest BCUT2D eigenvalue weighted by Crippen LogP contribution is 2.27. The Morgan fingerprint density at radius 1 is 1.46 bits per heavy atom. The summed E-state index contributed by atoms with van der Waals surface area (Å²) in [6, 6.07) is 0.261. The lowest BCUT2D eigenvalue weighted by Gasteiger charge is -2.27. The summed E-state index contributed by atoms with van der Waals surface area (Å²) in [5.74, 6) is 1.75. The van der Waals surface area contributed by atoms with Crippen LogP contribution in [0.25, 0.3) is 0 Å². The highest BCUT2D eigenvalue weighted by molar-refractivity contribution is 4.73. The first-order valence-electron chi connectivity index (χ1n) is 5.56. The first-order valence-corrected chi connectivity index (χ1v) is 5.56. The number of rotatable bonds is 4. The van der Waals surface area contributed by atoms with Crippen LogP contribution in [0.15, 0.2) is 0 Å². The van der Waals surface area contributed by atoms with E-state index >= 15 is 0 Å². The summed E-state index contributed by atoms with van der Waals surface area (Å²) in [4.78, 5) is 0. The third-order valence-electron chi connectivity index (χ3n) is 3.07. The molecule has 1 aliphatic rings. The van der Waals surface area contributed by atoms with Crippen LogP contribution in [0.4, 0.5) is 0 Å². The average Bonchev–Trinajstić information content (AvgIpc) is 2.14. The van der Waals surface area contributed by atoms with Gasteiger partial charge in [0.2, 0.25) is 0 Å². The summed E-state index contributed by atoms with van der Waals surface area (Å²) in [7, 11) is 0. The van der Waals surface area contributed by atoms with Crippen molar-refractivity contribution < 1.29 is 5.11 Å². The number of aliphatic hydroxyl groups excluding tert-OH is 1. The Labute approximate surface area is 81.7 Å². The summed E-state index contributed by atoms with van der Waals surface area (Å²) >= 11 is 0. The minimum atomic E-state index is 0.252. The van der Waals surface area contributed by atoms with E-state index in [9.17, 15) is 0 Å². The minimum absolute atomic E-state index is 0.252. The van der Waals surface area contributed by atoms with Gasteiger partial charge in [0.15, 0.2) is 0 Å². The molecule has 1 saturated carbocycles. The van der Waals surface area contributed by atoms with Crippen molar-refractivity contribution in [1.29, 1.82) is 0 Å². The lowest BCUT2D eigenvalue weighted by atomic mass is 9.82. The zero-order chi connectivity index (χ0) is 9.68. The van der Waals surface area contributed by atoms with E-state index in [1.165, 1.54) is 25.7 Å². The summed E-state index contributed by atoms with van der Waals surface area (Å²) in [6.07, 6.45) is 5.54. The zero-order valence-electron chi connectivity index (χ0n) is 8.92. The highest BCUT2D eigenvalue weighted by Gasteiger charge is 2.18. The fourth-order valence-electron chi connectivity index (χ4n) is 2.18. The minimum Gasteiger partial charge on any atom is -0.395 e. The van der Waals surface area contributed by atoms with Crippen molar-refractivity contribution in [3.8, 4) is 0 Å². The van der Waals surface area contributed by atoms with Gasteiger partial charge in [-0.25, -0.2) is 0 Å². The van der Waals surface area contributed by atoms with Crippen LogP contribution in [0.5, 0.6) is 0 Å². The molecule has 0 bridgehead atoms. The third kappa shape index (κ3) is 4.10. The molecule has 0 aromatic carbocycles. The normalized spacial score (nSPS) is 31.6. The predicted octanol–water partition coefficient (Wildman–Crippen LogP) is 1.78. The van der Waals surface area contributed by atoms with Crippen molar-refractivity contribution in [3.63, 3.8) is 0 Å². The van der Waals surface area contributed by atoms with Gasteiger partial charge in [-0.15, -0.1) is 0 Å². The quantitative estimate of drug-likeness (QED) is 0.700. The van der Waals surface area contributed by atoms with Gasteiger partial charge >= 0.3 is 0 Å². The van der Waals surface area contributed by atoms with Crippen LogP contribution < -0.4 is 5.32 Å². The lowest BCUT2D eigenvalue weighted by Crippen LogP contribution is -2.35. The molecule has 13 heavy (non-hydrogen) atoms. The van der Waals surface area contributed by atoms with Crippen LogP contribution in [-0.4, -0.2) is 24.3 Å². The molecule has 0 spiro atoms. The molecule has 1 aliphatic carbocycles. The largest absolute Gasteiger partial charge is 0.395 e. The number of aliphatic hydroxyl groups is 1. The third-order valence-corrected chi connectivity index (χ3v) is 3.07. The summed E-state index contributed by atoms with van der Waals surface area (Å²) in [6.45, 7) is 5.72. The van der Waals surface area contributed by atoms with E-state index in [1.54, 1.807) is 0 Å². The Balaban J connectivity index is 2.13. The van der Waals surface area contributed by atoms with Crippen LogP contribution in [0.2, 0.25) is 0 Å². The molecule has 3 atom stereocenters. The Kier molecular flexibility index (Phi) is 4.74. The maximum absolute atomic E-state index is 8.85. The van der Waals surface area contributed by atoms with E-state index in [2.05, 4.69) is 12.2 Å². The topological polar surface area (TPSA) is 32.3 Å². The van der Waals surface area contributed by atoms with E-state index in [4.69, 9.17) is 5.11 Å². The van der Waals surface area contributed by atoms with Crippen LogP contribution in [0.3, 0.4) is 0 Å². The maximum atomic E-state index is 8.85. The Hall–Kier alpha value is -0.0800. The van der Waals surface area contributed by atoms with E-state index in [1.807, 2.05) is 6.92 Å². The second-order valence-corrected chi connectivity index (χ2v) is 4.63. The molecule has 2 heteroatoms. The zero-order valence-corrected chi connectivity index (χ0v) is 8.92. The Morgan fingerprint density at radius 3 is 2.85 bits per heavy atom. The summed E-state index contributed by atoms with van der Waals surface area (Å²) in [5.41, 5.74) is 0. The maximum Gasteiger partial charge on any atom is 0.0581 e. The van der Waals surface area contributed by atoms with Gasteiger partial charge < -0.3 is 10.4 Å². The monoisotopic (exact) mass is 185 g/mol. The SMILES string of the molecule is CC1CCCC(CNC(C)CO)C1. The number of nitrogens with one attached hydrogen (secondary N) is 1. The first-order chi connectivity index (χ1) is 6.22. The molecule has 0 aliphatic heterocycles. The van der Waals surface area contributed by atoms with Gasteiger partial charge in [-0.1, -0.05) is 19.8 Å². The molecular weight excluding hydrogens is 162 g/mol. The Bertz CT molecular complexity index is 138. The smallest absolute Gasteiger partial charge is 0.0581 e. The van der Waals surface area contributed by atoms with Gasteiger partial charge in [0.05, 0.1) is 6.61 Å². The number of hydrogen-bond donors (Lipinski definition) is 2. The summed E-state index contributed by atoms with van der Waals surface area (Å²) < 4.78 is 0. The molecular formula is C11H23NO. The van der Waals surface area contributed by atoms with Crippen molar-refractivity contribution in [2.75, 3.05) is 13.2 Å². The molecule has 0 heterocycles. The molecule has 1 fully saturated rings. The van der Waals surface area contributed by atoms with E-state index < -0.39 is 0 Å². The van der Waals surface area contributed by atoms with Crippen molar-refractivity contribution >= 4 is 0 Å². The van der Waals surface area contributed by atoms with Crippen molar-refractivity contribution in [2.24, 2.45) is 11.8 Å². The molecule has 0 amide bonds. The van der Waals surface area contributed by atoms with Crippen molar-refractivity contribution in [2.45, 2.75) is 45.6 Å². The molecule has 0 saturated heterocycles. The predicted molar refractivity (Wildman–Crippen MR) is 55.7 cm³/mol. The van der Waals surface area contributed by atoms with Crippen LogP contribution >= 0.6 is 0 Å². The van der Waals surface area contributed by atoms with Gasteiger partial charge in [0.25, 0.3) is 0 Å². The first kappa shape index (κ1) is 11.0. The molecule has 0 aromatic heterocycles. The van der Waals surface area contributed by atoms with Gasteiger partial charge in [-0.3, -0.25) is 0 Å². The van der Waals surface area contributed by atoms with Crippen molar-refractivity contribution in [1.82, 2.24) is 5.32 Å². The fraction of sp³-hybridized carbons (Fsp3) is 1.00. The molecule has 1 rings (SSSR count). The van der Waals surface area contributed by atoms with Crippen LogP contribution in [0.1, 0.15) is 39.5 Å². The second-order valence-electron chi connectivity index (χ2n) is 4.63. The van der Waals surface area contributed by atoms with Crippen LogP contribution in [0, 0.1) is 11.8 Å². The molecule has 0 aromatic rings. The molecule has 3 unspecified atom stereocenters. The van der Waals surface area contributed by atoms with Gasteiger partial charge in [0, 0.05) is 6.04 Å². The molecule has 78 valence electrons. The van der Waals surface area contributed by atoms with Crippen LogP contribution in [-0.2, 0) is 0 Å². The second kappa shape index (κ2) is 5.61. The number of hydrogen-bond acceptors (Lipinski definition) is 2. The van der Waals surface area contributed by atoms with Gasteiger partial charge in [0.1, 0.15) is 0 Å². The summed E-state index contributed by atoms with van der Waals surface area (Å²) in [5, 5.41) is 12.2.